The highest BCUT2D eigenvalue weighted by Crippen LogP contribution is 2.18. The summed E-state index contributed by atoms with van der Waals surface area (Å²) < 4.78 is 2.05. The van der Waals surface area contributed by atoms with Gasteiger partial charge in [-0.3, -0.25) is 4.68 Å². The molecule has 2 rings (SSSR count). The third-order valence-electron chi connectivity index (χ3n) is 3.21. The minimum Gasteiger partial charge on any atom is -0.313 e. The van der Waals surface area contributed by atoms with Gasteiger partial charge in [0.2, 0.25) is 0 Å². The summed E-state index contributed by atoms with van der Waals surface area (Å²) in [5, 5.41) is 8.64. The molecule has 0 aliphatic rings. The SMILES string of the molecule is CCNCc1cnn(Cc2ccccc2Cl)c1CC. The van der Waals surface area contributed by atoms with E-state index in [1.165, 1.54) is 11.3 Å². The van der Waals surface area contributed by atoms with Crippen molar-refractivity contribution in [2.24, 2.45) is 0 Å². The van der Waals surface area contributed by atoms with Gasteiger partial charge >= 0.3 is 0 Å². The molecule has 4 heteroatoms. The first-order valence-electron chi connectivity index (χ1n) is 6.74. The first-order valence-corrected chi connectivity index (χ1v) is 7.11. The lowest BCUT2D eigenvalue weighted by Crippen LogP contribution is -2.14. The van der Waals surface area contributed by atoms with E-state index in [1.54, 1.807) is 0 Å². The highest BCUT2D eigenvalue weighted by atomic mass is 35.5. The second kappa shape index (κ2) is 6.73. The van der Waals surface area contributed by atoms with Crippen LogP contribution >= 0.6 is 11.6 Å². The van der Waals surface area contributed by atoms with Crippen LogP contribution in [0.4, 0.5) is 0 Å². The Balaban J connectivity index is 2.21. The highest BCUT2D eigenvalue weighted by molar-refractivity contribution is 6.31. The standard InChI is InChI=1S/C15H20ClN3/c1-3-15-13(9-17-4-2)10-18-19(15)11-12-7-5-6-8-14(12)16/h5-8,10,17H,3-4,9,11H2,1-2H3. The lowest BCUT2D eigenvalue weighted by molar-refractivity contribution is 0.642. The maximum Gasteiger partial charge on any atom is 0.0677 e. The van der Waals surface area contributed by atoms with Crippen molar-refractivity contribution in [2.45, 2.75) is 33.4 Å². The van der Waals surface area contributed by atoms with Crippen molar-refractivity contribution in [3.63, 3.8) is 0 Å². The van der Waals surface area contributed by atoms with Crippen molar-refractivity contribution in [3.05, 3.63) is 52.3 Å². The van der Waals surface area contributed by atoms with Gasteiger partial charge < -0.3 is 5.32 Å². The minimum absolute atomic E-state index is 0.731. The average Bonchev–Trinajstić information content (AvgIpc) is 2.81. The zero-order valence-electron chi connectivity index (χ0n) is 11.5. The summed E-state index contributed by atoms with van der Waals surface area (Å²) in [7, 11) is 0. The van der Waals surface area contributed by atoms with Gasteiger partial charge in [0.25, 0.3) is 0 Å². The van der Waals surface area contributed by atoms with E-state index >= 15 is 0 Å². The van der Waals surface area contributed by atoms with Crippen LogP contribution < -0.4 is 5.32 Å². The van der Waals surface area contributed by atoms with Crippen LogP contribution in [0.5, 0.6) is 0 Å². The largest absolute Gasteiger partial charge is 0.313 e. The Hall–Kier alpha value is -1.32. The van der Waals surface area contributed by atoms with E-state index in [9.17, 15) is 0 Å². The molecule has 2 aromatic rings. The monoisotopic (exact) mass is 277 g/mol. The molecule has 19 heavy (non-hydrogen) atoms. The number of hydrogen-bond acceptors (Lipinski definition) is 2. The number of rotatable bonds is 6. The Morgan fingerprint density at radius 2 is 2.00 bits per heavy atom. The van der Waals surface area contributed by atoms with Crippen molar-refractivity contribution in [2.75, 3.05) is 6.54 Å². The first-order chi connectivity index (χ1) is 9.26. The Morgan fingerprint density at radius 1 is 1.21 bits per heavy atom. The lowest BCUT2D eigenvalue weighted by Gasteiger charge is -2.09. The summed E-state index contributed by atoms with van der Waals surface area (Å²) >= 11 is 6.21. The normalized spacial score (nSPS) is 10.9. The molecule has 0 spiro atoms. The van der Waals surface area contributed by atoms with Gasteiger partial charge in [-0.2, -0.15) is 5.10 Å². The van der Waals surface area contributed by atoms with Crippen LogP contribution in [0.1, 0.15) is 30.7 Å². The molecule has 1 aromatic heterocycles. The van der Waals surface area contributed by atoms with Crippen molar-refractivity contribution in [1.29, 1.82) is 0 Å². The quantitative estimate of drug-likeness (QED) is 0.878. The second-order valence-electron chi connectivity index (χ2n) is 4.50. The molecule has 3 nitrogen and oxygen atoms in total. The van der Waals surface area contributed by atoms with E-state index in [1.807, 2.05) is 35.1 Å². The van der Waals surface area contributed by atoms with Crippen LogP contribution in [0, 0.1) is 0 Å². The number of hydrogen-bond donors (Lipinski definition) is 1. The third kappa shape index (κ3) is 3.37. The molecule has 0 amide bonds. The van der Waals surface area contributed by atoms with Crippen LogP contribution in [0.15, 0.2) is 30.5 Å². The molecule has 0 saturated carbocycles. The second-order valence-corrected chi connectivity index (χ2v) is 4.91. The van der Waals surface area contributed by atoms with Crippen molar-refractivity contribution >= 4 is 11.6 Å². The molecule has 0 saturated heterocycles. The predicted octanol–water partition coefficient (Wildman–Crippen LogP) is 3.26. The third-order valence-corrected chi connectivity index (χ3v) is 3.58. The van der Waals surface area contributed by atoms with Gasteiger partial charge in [-0.15, -0.1) is 0 Å². The van der Waals surface area contributed by atoms with Crippen molar-refractivity contribution in [1.82, 2.24) is 15.1 Å². The van der Waals surface area contributed by atoms with E-state index in [2.05, 4.69) is 24.3 Å². The Labute approximate surface area is 119 Å². The van der Waals surface area contributed by atoms with Gasteiger partial charge in [-0.05, 0) is 24.6 Å². The molecule has 0 aliphatic carbocycles. The zero-order chi connectivity index (χ0) is 13.7. The van der Waals surface area contributed by atoms with Gasteiger partial charge in [0.1, 0.15) is 0 Å². The van der Waals surface area contributed by atoms with Gasteiger partial charge in [0.15, 0.2) is 0 Å². The summed E-state index contributed by atoms with van der Waals surface area (Å²) in [6, 6.07) is 7.93. The van der Waals surface area contributed by atoms with E-state index in [0.717, 1.165) is 36.6 Å². The van der Waals surface area contributed by atoms with E-state index < -0.39 is 0 Å². The van der Waals surface area contributed by atoms with Crippen molar-refractivity contribution < 1.29 is 0 Å². The number of nitrogens with one attached hydrogen (secondary N) is 1. The van der Waals surface area contributed by atoms with Crippen LogP contribution in [0.3, 0.4) is 0 Å². The smallest absolute Gasteiger partial charge is 0.0677 e. The van der Waals surface area contributed by atoms with Crippen LogP contribution in [0.2, 0.25) is 5.02 Å². The van der Waals surface area contributed by atoms with Gasteiger partial charge in [0, 0.05) is 22.8 Å². The molecule has 0 unspecified atom stereocenters. The molecule has 0 atom stereocenters. The fraction of sp³-hybridized carbons (Fsp3) is 0.400. The van der Waals surface area contributed by atoms with Crippen LogP contribution in [0.25, 0.3) is 0 Å². The molecular weight excluding hydrogens is 258 g/mol. The average molecular weight is 278 g/mol. The summed E-state index contributed by atoms with van der Waals surface area (Å²) in [5.41, 5.74) is 3.66. The topological polar surface area (TPSA) is 29.9 Å². The Morgan fingerprint density at radius 3 is 2.68 bits per heavy atom. The summed E-state index contributed by atoms with van der Waals surface area (Å²) in [6.07, 6.45) is 2.93. The minimum atomic E-state index is 0.731. The fourth-order valence-electron chi connectivity index (χ4n) is 2.19. The molecule has 1 heterocycles. The Bertz CT molecular complexity index is 534. The van der Waals surface area contributed by atoms with E-state index in [0.29, 0.717) is 0 Å². The molecule has 0 fully saturated rings. The highest BCUT2D eigenvalue weighted by Gasteiger charge is 2.10. The molecule has 1 aromatic carbocycles. The fourth-order valence-corrected chi connectivity index (χ4v) is 2.39. The predicted molar refractivity (Wildman–Crippen MR) is 79.5 cm³/mol. The Kier molecular flexibility index (Phi) is 5.00. The van der Waals surface area contributed by atoms with Crippen molar-refractivity contribution in [3.8, 4) is 0 Å². The van der Waals surface area contributed by atoms with E-state index in [-0.39, 0.29) is 0 Å². The molecule has 1 N–H and O–H groups in total. The maximum atomic E-state index is 6.21. The van der Waals surface area contributed by atoms with Crippen LogP contribution in [-0.4, -0.2) is 16.3 Å². The number of aromatic nitrogens is 2. The number of halogens is 1. The van der Waals surface area contributed by atoms with E-state index in [4.69, 9.17) is 11.6 Å². The molecular formula is C15H20ClN3. The number of benzene rings is 1. The summed E-state index contributed by atoms with van der Waals surface area (Å²) in [5.74, 6) is 0. The number of nitrogens with zero attached hydrogens (tertiary/aromatic N) is 2. The summed E-state index contributed by atoms with van der Waals surface area (Å²) in [4.78, 5) is 0. The maximum absolute atomic E-state index is 6.21. The molecule has 102 valence electrons. The van der Waals surface area contributed by atoms with Gasteiger partial charge in [0.05, 0.1) is 12.7 Å². The summed E-state index contributed by atoms with van der Waals surface area (Å²) in [6.45, 7) is 6.85. The molecule has 0 bridgehead atoms. The lowest BCUT2D eigenvalue weighted by atomic mass is 10.2. The zero-order valence-corrected chi connectivity index (χ0v) is 12.2. The first kappa shape index (κ1) is 14.1. The molecule has 0 aliphatic heterocycles. The molecule has 0 radical (unpaired) electrons. The van der Waals surface area contributed by atoms with Gasteiger partial charge in [-0.25, -0.2) is 0 Å². The van der Waals surface area contributed by atoms with Crippen LogP contribution in [-0.2, 0) is 19.5 Å². The van der Waals surface area contributed by atoms with Gasteiger partial charge in [-0.1, -0.05) is 43.6 Å².